The van der Waals surface area contributed by atoms with Gasteiger partial charge in [-0.3, -0.25) is 10.2 Å². The Balaban J connectivity index is 1.50. The van der Waals surface area contributed by atoms with Gasteiger partial charge in [0.2, 0.25) is 0 Å². The van der Waals surface area contributed by atoms with Crippen molar-refractivity contribution < 1.29 is 9.53 Å². The highest BCUT2D eigenvalue weighted by Gasteiger charge is 2.23. The second kappa shape index (κ2) is 9.12. The first-order chi connectivity index (χ1) is 13.9. The first-order valence-corrected chi connectivity index (χ1v) is 10.3. The van der Waals surface area contributed by atoms with Gasteiger partial charge in [0.15, 0.2) is 5.96 Å². The topological polar surface area (TPSA) is 79.4 Å². The smallest absolute Gasteiger partial charge is 0.311 e. The van der Waals surface area contributed by atoms with Crippen LogP contribution in [0.1, 0.15) is 50.7 Å². The van der Waals surface area contributed by atoms with E-state index in [-0.39, 0.29) is 17.3 Å². The SMILES string of the molecule is CC(C)(c1ccccc1)c1ccc(OC(=O)CCC2CCN(C(=N)N)CC2)cc1. The van der Waals surface area contributed by atoms with E-state index in [0.717, 1.165) is 32.4 Å². The van der Waals surface area contributed by atoms with Gasteiger partial charge < -0.3 is 15.4 Å². The minimum Gasteiger partial charge on any atom is -0.427 e. The van der Waals surface area contributed by atoms with Crippen LogP contribution in [0.5, 0.6) is 5.75 Å². The largest absolute Gasteiger partial charge is 0.427 e. The first kappa shape index (κ1) is 20.9. The minimum atomic E-state index is -0.186. The number of guanidine groups is 1. The average molecular weight is 394 g/mol. The molecule has 1 aliphatic heterocycles. The van der Waals surface area contributed by atoms with Gasteiger partial charge in [-0.05, 0) is 48.4 Å². The zero-order valence-electron chi connectivity index (χ0n) is 17.4. The maximum atomic E-state index is 12.2. The van der Waals surface area contributed by atoms with Crippen LogP contribution < -0.4 is 10.5 Å². The number of ether oxygens (including phenoxy) is 1. The number of hydrogen-bond donors (Lipinski definition) is 2. The maximum Gasteiger partial charge on any atom is 0.311 e. The third-order valence-electron chi connectivity index (χ3n) is 6.02. The first-order valence-electron chi connectivity index (χ1n) is 10.3. The van der Waals surface area contributed by atoms with Crippen molar-refractivity contribution in [2.45, 2.75) is 44.9 Å². The van der Waals surface area contributed by atoms with E-state index in [1.807, 2.05) is 35.2 Å². The Bertz CT molecular complexity index is 823. The van der Waals surface area contributed by atoms with Gasteiger partial charge in [-0.15, -0.1) is 0 Å². The summed E-state index contributed by atoms with van der Waals surface area (Å²) in [5.41, 5.74) is 7.85. The van der Waals surface area contributed by atoms with Crippen molar-refractivity contribution in [1.29, 1.82) is 5.41 Å². The third kappa shape index (κ3) is 5.37. The predicted octanol–water partition coefficient (Wildman–Crippen LogP) is 4.30. The van der Waals surface area contributed by atoms with Gasteiger partial charge in [0.1, 0.15) is 5.75 Å². The molecule has 3 rings (SSSR count). The van der Waals surface area contributed by atoms with Crippen LogP contribution in [0, 0.1) is 11.3 Å². The average Bonchev–Trinajstić information content (AvgIpc) is 2.73. The van der Waals surface area contributed by atoms with Crippen LogP contribution >= 0.6 is 0 Å². The number of likely N-dealkylation sites (tertiary alicyclic amines) is 1. The maximum absolute atomic E-state index is 12.2. The van der Waals surface area contributed by atoms with E-state index < -0.39 is 0 Å². The van der Waals surface area contributed by atoms with Crippen molar-refractivity contribution in [2.24, 2.45) is 11.7 Å². The Morgan fingerprint density at radius 1 is 1.07 bits per heavy atom. The van der Waals surface area contributed by atoms with E-state index in [0.29, 0.717) is 18.1 Å². The molecule has 2 aromatic rings. The highest BCUT2D eigenvalue weighted by Crippen LogP contribution is 2.32. The summed E-state index contributed by atoms with van der Waals surface area (Å²) in [6, 6.07) is 18.2. The summed E-state index contributed by atoms with van der Waals surface area (Å²) in [7, 11) is 0. The fourth-order valence-corrected chi connectivity index (χ4v) is 3.93. The molecule has 0 saturated carbocycles. The number of nitrogens with zero attached hydrogens (tertiary/aromatic N) is 1. The zero-order valence-corrected chi connectivity index (χ0v) is 17.4. The van der Waals surface area contributed by atoms with Gasteiger partial charge in [-0.25, -0.2) is 0 Å². The number of nitrogens with two attached hydrogens (primary N) is 1. The van der Waals surface area contributed by atoms with Gasteiger partial charge in [-0.2, -0.15) is 0 Å². The van der Waals surface area contributed by atoms with Crippen LogP contribution in [-0.4, -0.2) is 29.9 Å². The summed E-state index contributed by atoms with van der Waals surface area (Å²) in [4.78, 5) is 14.1. The quantitative estimate of drug-likeness (QED) is 0.332. The van der Waals surface area contributed by atoms with Gasteiger partial charge in [0.05, 0.1) is 0 Å². The monoisotopic (exact) mass is 393 g/mol. The lowest BCUT2D eigenvalue weighted by molar-refractivity contribution is -0.134. The molecular formula is C24H31N3O2. The number of hydrogen-bond acceptors (Lipinski definition) is 3. The highest BCUT2D eigenvalue weighted by molar-refractivity contribution is 5.74. The van der Waals surface area contributed by atoms with E-state index >= 15 is 0 Å². The molecule has 29 heavy (non-hydrogen) atoms. The van der Waals surface area contributed by atoms with Gasteiger partial charge in [0.25, 0.3) is 0 Å². The number of benzene rings is 2. The van der Waals surface area contributed by atoms with Crippen LogP contribution in [0.3, 0.4) is 0 Å². The lowest BCUT2D eigenvalue weighted by Crippen LogP contribution is -2.42. The summed E-state index contributed by atoms with van der Waals surface area (Å²) >= 11 is 0. The molecule has 0 radical (unpaired) electrons. The van der Waals surface area contributed by atoms with Crippen molar-refractivity contribution in [2.75, 3.05) is 13.1 Å². The molecule has 0 atom stereocenters. The Morgan fingerprint density at radius 3 is 2.24 bits per heavy atom. The van der Waals surface area contributed by atoms with Crippen LogP contribution in [0.25, 0.3) is 0 Å². The minimum absolute atomic E-state index is 0.113. The van der Waals surface area contributed by atoms with Crippen LogP contribution in [-0.2, 0) is 10.2 Å². The Hall–Kier alpha value is -2.82. The normalized spacial score (nSPS) is 15.2. The van der Waals surface area contributed by atoms with Crippen molar-refractivity contribution in [3.05, 3.63) is 65.7 Å². The van der Waals surface area contributed by atoms with E-state index in [1.54, 1.807) is 0 Å². The third-order valence-corrected chi connectivity index (χ3v) is 6.02. The standard InChI is InChI=1S/C24H31N3O2/c1-24(2,19-6-4-3-5-7-19)20-9-11-21(12-10-20)29-22(28)13-8-18-14-16-27(17-15-18)23(25)26/h3-7,9-12,18H,8,13-17H2,1-2H3,(H3,25,26). The summed E-state index contributed by atoms with van der Waals surface area (Å²) in [6.07, 6.45) is 3.18. The highest BCUT2D eigenvalue weighted by atomic mass is 16.5. The molecule has 0 amide bonds. The van der Waals surface area contributed by atoms with Crippen molar-refractivity contribution in [3.63, 3.8) is 0 Å². The molecule has 3 N–H and O–H groups in total. The lowest BCUT2D eigenvalue weighted by atomic mass is 9.78. The molecule has 1 fully saturated rings. The number of piperidine rings is 1. The molecule has 154 valence electrons. The van der Waals surface area contributed by atoms with Gasteiger partial charge >= 0.3 is 5.97 Å². The Labute approximate surface area is 173 Å². The molecule has 5 nitrogen and oxygen atoms in total. The van der Waals surface area contributed by atoms with E-state index in [9.17, 15) is 4.79 Å². The molecule has 0 aromatic heterocycles. The molecule has 5 heteroatoms. The molecule has 0 spiro atoms. The summed E-state index contributed by atoms with van der Waals surface area (Å²) in [5, 5.41) is 7.48. The number of carbonyl (C=O) groups excluding carboxylic acids is 1. The molecule has 2 aromatic carbocycles. The fourth-order valence-electron chi connectivity index (χ4n) is 3.93. The number of nitrogens with one attached hydrogen (secondary N) is 1. The molecular weight excluding hydrogens is 362 g/mol. The molecule has 1 saturated heterocycles. The molecule has 0 aliphatic carbocycles. The molecule has 1 heterocycles. The summed E-state index contributed by atoms with van der Waals surface area (Å²) in [5.74, 6) is 1.04. The predicted molar refractivity (Wildman–Crippen MR) is 116 cm³/mol. The number of rotatable bonds is 6. The van der Waals surface area contributed by atoms with Crippen LogP contribution in [0.4, 0.5) is 0 Å². The fraction of sp³-hybridized carbons (Fsp3) is 0.417. The Kier molecular flexibility index (Phi) is 6.57. The van der Waals surface area contributed by atoms with Crippen LogP contribution in [0.2, 0.25) is 0 Å². The molecule has 1 aliphatic rings. The molecule has 0 unspecified atom stereocenters. The van der Waals surface area contributed by atoms with Gasteiger partial charge in [0, 0.05) is 24.9 Å². The van der Waals surface area contributed by atoms with E-state index in [2.05, 4.69) is 38.1 Å². The summed E-state index contributed by atoms with van der Waals surface area (Å²) < 4.78 is 5.53. The van der Waals surface area contributed by atoms with E-state index in [1.165, 1.54) is 11.1 Å². The summed E-state index contributed by atoms with van der Waals surface area (Å²) in [6.45, 7) is 5.99. The Morgan fingerprint density at radius 2 is 1.66 bits per heavy atom. The van der Waals surface area contributed by atoms with E-state index in [4.69, 9.17) is 15.9 Å². The second-order valence-electron chi connectivity index (χ2n) is 8.34. The number of carbonyl (C=O) groups is 1. The van der Waals surface area contributed by atoms with Gasteiger partial charge in [-0.1, -0.05) is 56.3 Å². The number of esters is 1. The van der Waals surface area contributed by atoms with Crippen molar-refractivity contribution in [3.8, 4) is 5.75 Å². The molecule has 0 bridgehead atoms. The van der Waals surface area contributed by atoms with Crippen molar-refractivity contribution in [1.82, 2.24) is 4.90 Å². The van der Waals surface area contributed by atoms with Crippen molar-refractivity contribution >= 4 is 11.9 Å². The second-order valence-corrected chi connectivity index (χ2v) is 8.34. The zero-order chi connectivity index (χ0) is 20.9. The lowest BCUT2D eigenvalue weighted by Gasteiger charge is -2.31. The van der Waals surface area contributed by atoms with Crippen LogP contribution in [0.15, 0.2) is 54.6 Å².